The van der Waals surface area contributed by atoms with E-state index in [2.05, 4.69) is 0 Å². The van der Waals surface area contributed by atoms with E-state index in [0.29, 0.717) is 31.2 Å². The highest BCUT2D eigenvalue weighted by Crippen LogP contribution is 2.41. The third-order valence-corrected chi connectivity index (χ3v) is 3.87. The van der Waals surface area contributed by atoms with Crippen molar-refractivity contribution in [2.24, 2.45) is 0 Å². The van der Waals surface area contributed by atoms with Gasteiger partial charge < -0.3 is 9.84 Å². The maximum absolute atomic E-state index is 12.7. The van der Waals surface area contributed by atoms with E-state index in [9.17, 15) is 18.3 Å². The van der Waals surface area contributed by atoms with Crippen molar-refractivity contribution in [3.63, 3.8) is 0 Å². The summed E-state index contributed by atoms with van der Waals surface area (Å²) in [4.78, 5) is 0. The summed E-state index contributed by atoms with van der Waals surface area (Å²) in [5.41, 5.74) is -0.829. The molecule has 0 aromatic heterocycles. The van der Waals surface area contributed by atoms with Gasteiger partial charge in [0, 0.05) is 7.11 Å². The van der Waals surface area contributed by atoms with Gasteiger partial charge in [0.1, 0.15) is 0 Å². The fourth-order valence-corrected chi connectivity index (χ4v) is 2.66. The second kappa shape index (κ2) is 5.13. The van der Waals surface area contributed by atoms with Crippen LogP contribution in [0.1, 0.15) is 36.8 Å². The Balaban J connectivity index is 2.34. The molecule has 0 bridgehead atoms. The average molecular weight is 274 g/mol. The van der Waals surface area contributed by atoms with Crippen molar-refractivity contribution in [2.75, 3.05) is 7.11 Å². The Hall–Kier alpha value is -1.07. The lowest BCUT2D eigenvalue weighted by Crippen LogP contribution is -2.35. The maximum Gasteiger partial charge on any atom is 0.416 e. The number of halogens is 3. The number of rotatable bonds is 2. The first-order valence-electron chi connectivity index (χ1n) is 6.28. The molecule has 1 saturated carbocycles. The molecule has 0 atom stereocenters. The number of aliphatic hydroxyl groups excluding tert-OH is 1. The summed E-state index contributed by atoms with van der Waals surface area (Å²) in [5.74, 6) is 0. The van der Waals surface area contributed by atoms with Gasteiger partial charge in [0.25, 0.3) is 0 Å². The van der Waals surface area contributed by atoms with Crippen LogP contribution in [-0.4, -0.2) is 18.3 Å². The minimum absolute atomic E-state index is 0.380. The lowest BCUT2D eigenvalue weighted by molar-refractivity contribution is -0.138. The lowest BCUT2D eigenvalue weighted by Gasteiger charge is -2.38. The van der Waals surface area contributed by atoms with Crippen LogP contribution >= 0.6 is 0 Å². The minimum atomic E-state index is -4.35. The van der Waals surface area contributed by atoms with Gasteiger partial charge in [0.2, 0.25) is 0 Å². The van der Waals surface area contributed by atoms with Crippen LogP contribution < -0.4 is 0 Å². The largest absolute Gasteiger partial charge is 0.416 e. The third kappa shape index (κ3) is 2.92. The van der Waals surface area contributed by atoms with Gasteiger partial charge in [0.15, 0.2) is 0 Å². The second-order valence-corrected chi connectivity index (χ2v) is 5.01. The van der Waals surface area contributed by atoms with E-state index in [0.717, 1.165) is 12.1 Å². The summed E-state index contributed by atoms with van der Waals surface area (Å²) in [6.07, 6.45) is -2.57. The first-order chi connectivity index (χ1) is 8.87. The topological polar surface area (TPSA) is 29.5 Å². The van der Waals surface area contributed by atoms with E-state index in [1.54, 1.807) is 6.07 Å². The average Bonchev–Trinajstić information content (AvgIpc) is 2.39. The van der Waals surface area contributed by atoms with Crippen LogP contribution in [0.15, 0.2) is 24.3 Å². The Kier molecular flexibility index (Phi) is 3.87. The summed E-state index contributed by atoms with van der Waals surface area (Å²) < 4.78 is 43.7. The molecule has 0 radical (unpaired) electrons. The zero-order valence-electron chi connectivity index (χ0n) is 10.7. The van der Waals surface area contributed by atoms with Crippen LogP contribution in [0.25, 0.3) is 0 Å². The van der Waals surface area contributed by atoms with Crippen molar-refractivity contribution < 1.29 is 23.0 Å². The molecule has 1 aromatic rings. The summed E-state index contributed by atoms with van der Waals surface area (Å²) in [6, 6.07) is 5.28. The van der Waals surface area contributed by atoms with Crippen LogP contribution in [-0.2, 0) is 16.5 Å². The van der Waals surface area contributed by atoms with Crippen molar-refractivity contribution >= 4 is 0 Å². The Morgan fingerprint density at radius 2 is 1.89 bits per heavy atom. The van der Waals surface area contributed by atoms with Crippen LogP contribution in [0.3, 0.4) is 0 Å². The number of hydrogen-bond acceptors (Lipinski definition) is 2. The van der Waals surface area contributed by atoms with E-state index in [1.165, 1.54) is 13.2 Å². The summed E-state index contributed by atoms with van der Waals surface area (Å²) in [7, 11) is 1.51. The van der Waals surface area contributed by atoms with Crippen molar-refractivity contribution in [3.05, 3.63) is 35.4 Å². The predicted molar refractivity (Wildman–Crippen MR) is 64.6 cm³/mol. The molecule has 5 heteroatoms. The van der Waals surface area contributed by atoms with Crippen LogP contribution in [0.4, 0.5) is 13.2 Å². The van der Waals surface area contributed by atoms with E-state index < -0.39 is 17.3 Å². The van der Waals surface area contributed by atoms with E-state index in [4.69, 9.17) is 4.74 Å². The van der Waals surface area contributed by atoms with Crippen molar-refractivity contribution in [3.8, 4) is 0 Å². The van der Waals surface area contributed by atoms with Gasteiger partial charge in [-0.2, -0.15) is 13.2 Å². The minimum Gasteiger partial charge on any atom is -0.393 e. The Morgan fingerprint density at radius 1 is 1.26 bits per heavy atom. The Labute approximate surface area is 110 Å². The maximum atomic E-state index is 12.7. The SMILES string of the molecule is CO[C@]1(c2cccc(C(F)(F)F)c2)CC[C@@H](O)CC1. The Morgan fingerprint density at radius 3 is 2.42 bits per heavy atom. The molecule has 1 aliphatic rings. The Bertz CT molecular complexity index is 435. The second-order valence-electron chi connectivity index (χ2n) is 5.01. The monoisotopic (exact) mass is 274 g/mol. The molecule has 2 rings (SSSR count). The highest BCUT2D eigenvalue weighted by molar-refractivity contribution is 5.30. The zero-order valence-corrected chi connectivity index (χ0v) is 10.7. The molecule has 1 aromatic carbocycles. The van der Waals surface area contributed by atoms with E-state index in [1.807, 2.05) is 0 Å². The molecule has 1 aliphatic carbocycles. The fourth-order valence-electron chi connectivity index (χ4n) is 2.66. The van der Waals surface area contributed by atoms with Gasteiger partial charge in [-0.25, -0.2) is 0 Å². The number of alkyl halides is 3. The third-order valence-electron chi connectivity index (χ3n) is 3.87. The van der Waals surface area contributed by atoms with Crippen molar-refractivity contribution in [1.82, 2.24) is 0 Å². The molecular formula is C14H17F3O2. The normalized spacial score (nSPS) is 28.4. The summed E-state index contributed by atoms with van der Waals surface area (Å²) in [6.45, 7) is 0. The molecule has 19 heavy (non-hydrogen) atoms. The van der Waals surface area contributed by atoms with Crippen molar-refractivity contribution in [1.29, 1.82) is 0 Å². The number of ether oxygens (including phenoxy) is 1. The quantitative estimate of drug-likeness (QED) is 0.894. The lowest BCUT2D eigenvalue weighted by atomic mass is 9.78. The van der Waals surface area contributed by atoms with Gasteiger partial charge in [-0.05, 0) is 43.4 Å². The van der Waals surface area contributed by atoms with Crippen LogP contribution in [0, 0.1) is 0 Å². The van der Waals surface area contributed by atoms with E-state index in [-0.39, 0.29) is 6.10 Å². The standard InChI is InChI=1S/C14H17F3O2/c1-19-13(7-5-12(18)6-8-13)10-3-2-4-11(9-10)14(15,16)17/h2-4,9,12,18H,5-8H2,1H3/t12-,13-. The smallest absolute Gasteiger partial charge is 0.393 e. The van der Waals surface area contributed by atoms with Gasteiger partial charge >= 0.3 is 6.18 Å². The van der Waals surface area contributed by atoms with E-state index >= 15 is 0 Å². The number of aliphatic hydroxyl groups is 1. The summed E-state index contributed by atoms with van der Waals surface area (Å²) >= 11 is 0. The molecule has 2 nitrogen and oxygen atoms in total. The van der Waals surface area contributed by atoms with Gasteiger partial charge in [-0.3, -0.25) is 0 Å². The molecular weight excluding hydrogens is 257 g/mol. The molecule has 1 N–H and O–H groups in total. The molecule has 0 saturated heterocycles. The molecule has 106 valence electrons. The zero-order chi connectivity index (χ0) is 14.1. The number of methoxy groups -OCH3 is 1. The first kappa shape index (κ1) is 14.3. The molecule has 0 unspecified atom stereocenters. The highest BCUT2D eigenvalue weighted by Gasteiger charge is 2.38. The molecule has 0 spiro atoms. The first-order valence-corrected chi connectivity index (χ1v) is 6.28. The molecule has 0 aliphatic heterocycles. The van der Waals surface area contributed by atoms with Gasteiger partial charge in [-0.15, -0.1) is 0 Å². The number of hydrogen-bond donors (Lipinski definition) is 1. The fraction of sp³-hybridized carbons (Fsp3) is 0.571. The summed E-state index contributed by atoms with van der Waals surface area (Å²) in [5, 5.41) is 9.53. The molecule has 0 amide bonds. The molecule has 0 heterocycles. The van der Waals surface area contributed by atoms with Crippen LogP contribution in [0.5, 0.6) is 0 Å². The highest BCUT2D eigenvalue weighted by atomic mass is 19.4. The van der Waals surface area contributed by atoms with Gasteiger partial charge in [0.05, 0.1) is 17.3 Å². The number of benzene rings is 1. The van der Waals surface area contributed by atoms with Crippen LogP contribution in [0.2, 0.25) is 0 Å². The molecule has 1 fully saturated rings. The predicted octanol–water partition coefficient (Wildman–Crippen LogP) is 3.48. The van der Waals surface area contributed by atoms with Gasteiger partial charge in [-0.1, -0.05) is 12.1 Å². The van der Waals surface area contributed by atoms with Crippen molar-refractivity contribution in [2.45, 2.75) is 43.6 Å².